The molecule has 0 bridgehead atoms. The van der Waals surface area contributed by atoms with E-state index in [0.29, 0.717) is 5.56 Å². The number of rotatable bonds is 2. The molecule has 0 spiro atoms. The van der Waals surface area contributed by atoms with Crippen molar-refractivity contribution in [2.75, 3.05) is 0 Å². The Hall–Kier alpha value is -1.56. The topological polar surface area (TPSA) is 44.0 Å². The first kappa shape index (κ1) is 8.54. The van der Waals surface area contributed by atoms with Crippen molar-refractivity contribution in [1.82, 2.24) is 0 Å². The van der Waals surface area contributed by atoms with E-state index in [9.17, 15) is 4.39 Å². The molecule has 1 rings (SSSR count). The van der Waals surface area contributed by atoms with Crippen molar-refractivity contribution in [3.8, 4) is 11.8 Å². The van der Waals surface area contributed by atoms with Crippen LogP contribution < -0.4 is 0 Å². The second-order valence-electron chi connectivity index (χ2n) is 2.47. The summed E-state index contributed by atoms with van der Waals surface area (Å²) >= 11 is 0. The molecule has 0 aliphatic rings. The molecular formula is C9H8FNO. The first-order valence-electron chi connectivity index (χ1n) is 3.54. The van der Waals surface area contributed by atoms with Crippen LogP contribution in [0.3, 0.4) is 0 Å². The normalized spacial score (nSPS) is 12.0. The van der Waals surface area contributed by atoms with Crippen LogP contribution >= 0.6 is 0 Å². The zero-order valence-electron chi connectivity index (χ0n) is 6.37. The van der Waals surface area contributed by atoms with E-state index in [4.69, 9.17) is 10.4 Å². The third-order valence-electron chi connectivity index (χ3n) is 1.47. The molecule has 62 valence electrons. The number of phenols is 1. The molecule has 1 unspecified atom stereocenters. The van der Waals surface area contributed by atoms with Crippen molar-refractivity contribution in [3.05, 3.63) is 29.8 Å². The number of aromatic hydroxyl groups is 1. The minimum atomic E-state index is -1.49. The van der Waals surface area contributed by atoms with E-state index in [2.05, 4.69) is 0 Å². The summed E-state index contributed by atoms with van der Waals surface area (Å²) in [7, 11) is 0. The molecule has 0 amide bonds. The number of nitrogens with zero attached hydrogens (tertiary/aromatic N) is 1. The fraction of sp³-hybridized carbons (Fsp3) is 0.222. The third kappa shape index (κ3) is 2.24. The standard InChI is InChI=1S/C9H8FNO/c10-8(6-11)4-7-2-1-3-9(12)5-7/h1-3,5,8,12H,4H2. The predicted octanol–water partition coefficient (Wildman–Crippen LogP) is 1.80. The Balaban J connectivity index is 2.71. The maximum atomic E-state index is 12.5. The van der Waals surface area contributed by atoms with E-state index < -0.39 is 6.17 Å². The third-order valence-corrected chi connectivity index (χ3v) is 1.47. The lowest BCUT2D eigenvalue weighted by atomic mass is 10.1. The van der Waals surface area contributed by atoms with E-state index in [-0.39, 0.29) is 12.2 Å². The maximum absolute atomic E-state index is 12.5. The monoisotopic (exact) mass is 165 g/mol. The zero-order valence-corrected chi connectivity index (χ0v) is 6.37. The van der Waals surface area contributed by atoms with Crippen LogP contribution in [0.25, 0.3) is 0 Å². The van der Waals surface area contributed by atoms with Crippen molar-refractivity contribution in [1.29, 1.82) is 5.26 Å². The van der Waals surface area contributed by atoms with Crippen LogP contribution in [0.5, 0.6) is 5.75 Å². The van der Waals surface area contributed by atoms with Gasteiger partial charge in [0.25, 0.3) is 0 Å². The van der Waals surface area contributed by atoms with E-state index in [1.807, 2.05) is 0 Å². The van der Waals surface area contributed by atoms with Gasteiger partial charge in [0.2, 0.25) is 0 Å². The van der Waals surface area contributed by atoms with Gasteiger partial charge in [-0.1, -0.05) is 12.1 Å². The first-order valence-corrected chi connectivity index (χ1v) is 3.54. The summed E-state index contributed by atoms with van der Waals surface area (Å²) in [6.07, 6.45) is -1.46. The van der Waals surface area contributed by atoms with Gasteiger partial charge in [-0.3, -0.25) is 0 Å². The van der Waals surface area contributed by atoms with Crippen LogP contribution in [-0.2, 0) is 6.42 Å². The highest BCUT2D eigenvalue weighted by atomic mass is 19.1. The van der Waals surface area contributed by atoms with Crippen molar-refractivity contribution < 1.29 is 9.50 Å². The summed E-state index contributed by atoms with van der Waals surface area (Å²) in [4.78, 5) is 0. The second kappa shape index (κ2) is 3.72. The average Bonchev–Trinajstić information content (AvgIpc) is 2.04. The zero-order chi connectivity index (χ0) is 8.97. The Morgan fingerprint density at radius 3 is 2.92 bits per heavy atom. The molecule has 0 fully saturated rings. The molecule has 0 aliphatic heterocycles. The quantitative estimate of drug-likeness (QED) is 0.726. The number of hydrogen-bond acceptors (Lipinski definition) is 2. The molecule has 1 aromatic rings. The van der Waals surface area contributed by atoms with E-state index >= 15 is 0 Å². The largest absolute Gasteiger partial charge is 0.508 e. The Kier molecular flexibility index (Phi) is 2.65. The lowest BCUT2D eigenvalue weighted by molar-refractivity contribution is 0.406. The summed E-state index contributed by atoms with van der Waals surface area (Å²) in [6.45, 7) is 0. The summed E-state index contributed by atoms with van der Waals surface area (Å²) < 4.78 is 12.5. The van der Waals surface area contributed by atoms with Crippen molar-refractivity contribution in [3.63, 3.8) is 0 Å². The minimum absolute atomic E-state index is 0.0326. The molecule has 0 saturated carbocycles. The van der Waals surface area contributed by atoms with Crippen molar-refractivity contribution >= 4 is 0 Å². The van der Waals surface area contributed by atoms with Gasteiger partial charge in [-0.2, -0.15) is 5.26 Å². The lowest BCUT2D eigenvalue weighted by Gasteiger charge is -1.99. The van der Waals surface area contributed by atoms with Gasteiger partial charge in [-0.25, -0.2) is 4.39 Å². The van der Waals surface area contributed by atoms with Crippen molar-refractivity contribution in [2.24, 2.45) is 0 Å². The molecule has 3 heteroatoms. The molecule has 1 N–H and O–H groups in total. The molecule has 12 heavy (non-hydrogen) atoms. The van der Waals surface area contributed by atoms with Gasteiger partial charge < -0.3 is 5.11 Å². The van der Waals surface area contributed by atoms with E-state index in [1.165, 1.54) is 18.2 Å². The van der Waals surface area contributed by atoms with Gasteiger partial charge in [0.05, 0.1) is 0 Å². The number of halogens is 1. The van der Waals surface area contributed by atoms with Crippen LogP contribution in [0.1, 0.15) is 5.56 Å². The highest BCUT2D eigenvalue weighted by molar-refractivity contribution is 5.28. The Bertz CT molecular complexity index is 306. The Morgan fingerprint density at radius 2 is 2.33 bits per heavy atom. The summed E-state index contributed by atoms with van der Waals surface area (Å²) in [6, 6.07) is 7.73. The molecule has 0 radical (unpaired) electrons. The fourth-order valence-corrected chi connectivity index (χ4v) is 0.936. The molecule has 0 aromatic heterocycles. The van der Waals surface area contributed by atoms with Gasteiger partial charge in [0, 0.05) is 6.42 Å². The van der Waals surface area contributed by atoms with E-state index in [0.717, 1.165) is 0 Å². The van der Waals surface area contributed by atoms with Crippen molar-refractivity contribution in [2.45, 2.75) is 12.6 Å². The second-order valence-corrected chi connectivity index (χ2v) is 2.47. The Labute approximate surface area is 69.9 Å². The molecule has 0 aliphatic carbocycles. The number of hydrogen-bond donors (Lipinski definition) is 1. The molecule has 2 nitrogen and oxygen atoms in total. The van der Waals surface area contributed by atoms with Crippen LogP contribution in [0.2, 0.25) is 0 Å². The highest BCUT2D eigenvalue weighted by Crippen LogP contribution is 2.13. The van der Waals surface area contributed by atoms with Crippen LogP contribution in [0.15, 0.2) is 24.3 Å². The molecule has 1 atom stereocenters. The molecule has 0 heterocycles. The summed E-state index contributed by atoms with van der Waals surface area (Å²) in [5, 5.41) is 17.2. The van der Waals surface area contributed by atoms with Crippen LogP contribution in [0, 0.1) is 11.3 Å². The smallest absolute Gasteiger partial charge is 0.190 e. The number of phenolic OH excluding ortho intramolecular Hbond substituents is 1. The first-order chi connectivity index (χ1) is 5.72. The summed E-state index contributed by atoms with van der Waals surface area (Å²) in [5.41, 5.74) is 0.629. The SMILES string of the molecule is N#CC(F)Cc1cccc(O)c1. The number of nitriles is 1. The molecular weight excluding hydrogens is 157 g/mol. The number of alkyl halides is 1. The van der Waals surface area contributed by atoms with Crippen LogP contribution in [0.4, 0.5) is 4.39 Å². The average molecular weight is 165 g/mol. The maximum Gasteiger partial charge on any atom is 0.190 e. The van der Waals surface area contributed by atoms with Crippen LogP contribution in [-0.4, -0.2) is 11.3 Å². The van der Waals surface area contributed by atoms with Gasteiger partial charge in [0.1, 0.15) is 11.8 Å². The highest BCUT2D eigenvalue weighted by Gasteiger charge is 2.05. The lowest BCUT2D eigenvalue weighted by Crippen LogP contribution is -2.00. The minimum Gasteiger partial charge on any atom is -0.508 e. The number of benzene rings is 1. The summed E-state index contributed by atoms with van der Waals surface area (Å²) in [5.74, 6) is 0.0950. The predicted molar refractivity (Wildman–Crippen MR) is 42.3 cm³/mol. The van der Waals surface area contributed by atoms with Gasteiger partial charge in [-0.15, -0.1) is 0 Å². The van der Waals surface area contributed by atoms with Gasteiger partial charge in [-0.05, 0) is 17.7 Å². The molecule has 1 aromatic carbocycles. The molecule has 0 saturated heterocycles. The van der Waals surface area contributed by atoms with Gasteiger partial charge in [0.15, 0.2) is 6.17 Å². The Morgan fingerprint density at radius 1 is 1.58 bits per heavy atom. The van der Waals surface area contributed by atoms with E-state index in [1.54, 1.807) is 12.1 Å². The van der Waals surface area contributed by atoms with Gasteiger partial charge >= 0.3 is 0 Å². The fourth-order valence-electron chi connectivity index (χ4n) is 0.936.